The summed E-state index contributed by atoms with van der Waals surface area (Å²) in [7, 11) is 0. The van der Waals surface area contributed by atoms with Gasteiger partial charge in [-0.15, -0.1) is 0 Å². The Morgan fingerprint density at radius 3 is 2.04 bits per heavy atom. The van der Waals surface area contributed by atoms with Gasteiger partial charge in [-0.05, 0) is 48.2 Å². The molecule has 2 saturated heterocycles. The van der Waals surface area contributed by atoms with Gasteiger partial charge in [0.05, 0.1) is 16.2 Å². The van der Waals surface area contributed by atoms with E-state index >= 15 is 0 Å². The molecule has 16 nitrogen and oxygen atoms in total. The number of amides is 3. The molecule has 2 aromatic carbocycles. The summed E-state index contributed by atoms with van der Waals surface area (Å²) < 4.78 is 10.6. The summed E-state index contributed by atoms with van der Waals surface area (Å²) in [5.41, 5.74) is 0.946. The van der Waals surface area contributed by atoms with Crippen LogP contribution in [0.5, 0.6) is 0 Å². The molecule has 0 bridgehead atoms. The smallest absolute Gasteiger partial charge is 0.435 e. The van der Waals surface area contributed by atoms with E-state index in [2.05, 4.69) is 4.99 Å². The zero-order chi connectivity index (χ0) is 33.2. The average Bonchev–Trinajstić information content (AvgIpc) is 3.30. The third-order valence-electron chi connectivity index (χ3n) is 7.30. The lowest BCUT2D eigenvalue weighted by Gasteiger charge is -2.29. The van der Waals surface area contributed by atoms with Gasteiger partial charge in [0.15, 0.2) is 5.12 Å². The Kier molecular flexibility index (Phi) is 11.6. The SMILES string of the molecule is CC(=O)S[C@H]1C[C@@H](C(=O)N2CCCN(C=NC(=O)OCc3ccc([N+](=O)[O-])cc3)CC2)N(C(=O)OCc2ccc([N+](=O)[O-])cc2)C1. The topological polar surface area (TPSA) is 195 Å². The number of carbonyl (C=O) groups is 4. The van der Waals surface area contributed by atoms with Gasteiger partial charge in [0.25, 0.3) is 11.4 Å². The van der Waals surface area contributed by atoms with Crippen LogP contribution in [0.3, 0.4) is 0 Å². The van der Waals surface area contributed by atoms with E-state index in [4.69, 9.17) is 9.47 Å². The van der Waals surface area contributed by atoms with Gasteiger partial charge >= 0.3 is 12.2 Å². The standard InChI is InChI=1S/C29H32N6O10S/c1-20(36)46-25-15-26(33(16-25)29(39)45-18-22-5-9-24(10-6-22)35(42)43)27(37)32-12-2-11-31(13-14-32)19-30-28(38)44-17-21-3-7-23(8-4-21)34(40)41/h3-10,19,25-26H,2,11-18H2,1H3/t25-,26-/m0/s1. The fraction of sp³-hybridized carbons (Fsp3) is 0.414. The Balaban J connectivity index is 1.31. The van der Waals surface area contributed by atoms with Gasteiger partial charge in [-0.2, -0.15) is 4.99 Å². The number of benzene rings is 2. The fourth-order valence-electron chi connectivity index (χ4n) is 5.00. The summed E-state index contributed by atoms with van der Waals surface area (Å²) in [6.45, 7) is 2.91. The first-order chi connectivity index (χ1) is 22.0. The average molecular weight is 657 g/mol. The molecule has 2 aliphatic heterocycles. The number of aliphatic imine (C=N–C) groups is 1. The second-order valence-corrected chi connectivity index (χ2v) is 12.0. The molecule has 0 radical (unpaired) electrons. The van der Waals surface area contributed by atoms with Crippen LogP contribution >= 0.6 is 11.8 Å². The van der Waals surface area contributed by atoms with Crippen LogP contribution in [0.15, 0.2) is 53.5 Å². The quantitative estimate of drug-likeness (QED) is 0.164. The van der Waals surface area contributed by atoms with Crippen molar-refractivity contribution in [1.82, 2.24) is 14.7 Å². The van der Waals surface area contributed by atoms with Gasteiger partial charge in [-0.1, -0.05) is 11.8 Å². The summed E-state index contributed by atoms with van der Waals surface area (Å²) in [6, 6.07) is 10.3. The molecule has 46 heavy (non-hydrogen) atoms. The molecule has 0 spiro atoms. The van der Waals surface area contributed by atoms with Crippen molar-refractivity contribution in [2.24, 2.45) is 4.99 Å². The van der Waals surface area contributed by atoms with Crippen LogP contribution in [-0.4, -0.2) is 98.1 Å². The van der Waals surface area contributed by atoms with Crippen LogP contribution in [0.2, 0.25) is 0 Å². The first-order valence-corrected chi connectivity index (χ1v) is 15.2. The van der Waals surface area contributed by atoms with Crippen molar-refractivity contribution in [3.63, 3.8) is 0 Å². The highest BCUT2D eigenvalue weighted by atomic mass is 32.2. The minimum atomic E-state index is -0.837. The van der Waals surface area contributed by atoms with Gasteiger partial charge < -0.3 is 19.3 Å². The highest BCUT2D eigenvalue weighted by Gasteiger charge is 2.43. The summed E-state index contributed by atoms with van der Waals surface area (Å²) in [4.78, 5) is 79.9. The number of rotatable bonds is 9. The van der Waals surface area contributed by atoms with Crippen LogP contribution in [0.1, 0.15) is 30.9 Å². The molecule has 0 aliphatic carbocycles. The monoisotopic (exact) mass is 656 g/mol. The summed E-state index contributed by atoms with van der Waals surface area (Å²) in [6.07, 6.45) is 0.636. The number of ether oxygens (including phenoxy) is 2. The molecule has 2 aliphatic rings. The van der Waals surface area contributed by atoms with Gasteiger partial charge in [-0.25, -0.2) is 9.59 Å². The molecule has 2 heterocycles. The third kappa shape index (κ3) is 9.47. The Morgan fingerprint density at radius 2 is 1.48 bits per heavy atom. The third-order valence-corrected chi connectivity index (χ3v) is 8.31. The Morgan fingerprint density at radius 1 is 0.891 bits per heavy atom. The van der Waals surface area contributed by atoms with Crippen LogP contribution in [-0.2, 0) is 32.3 Å². The summed E-state index contributed by atoms with van der Waals surface area (Å²) in [5.74, 6) is -0.278. The van der Waals surface area contributed by atoms with E-state index in [1.54, 1.807) is 9.80 Å². The van der Waals surface area contributed by atoms with Crippen LogP contribution in [0.4, 0.5) is 21.0 Å². The minimum absolute atomic E-state index is 0.0724. The lowest BCUT2D eigenvalue weighted by Crippen LogP contribution is -2.48. The molecule has 0 saturated carbocycles. The second kappa shape index (κ2) is 15.8. The van der Waals surface area contributed by atoms with E-state index < -0.39 is 28.1 Å². The fourth-order valence-corrected chi connectivity index (χ4v) is 5.99. The molecule has 3 amide bonds. The van der Waals surface area contributed by atoms with Crippen molar-refractivity contribution in [2.45, 2.75) is 44.3 Å². The lowest BCUT2D eigenvalue weighted by atomic mass is 10.2. The second-order valence-electron chi connectivity index (χ2n) is 10.6. The number of nitro benzene ring substituents is 2. The Bertz CT molecular complexity index is 1490. The zero-order valence-corrected chi connectivity index (χ0v) is 25.7. The molecule has 17 heteroatoms. The molecule has 2 aromatic rings. The maximum absolute atomic E-state index is 13.7. The van der Waals surface area contributed by atoms with Gasteiger partial charge in [0.2, 0.25) is 5.91 Å². The Hall–Kier alpha value is -5.06. The molecule has 4 rings (SSSR count). The number of carbonyl (C=O) groups excluding carboxylic acids is 4. The number of hydrogen-bond donors (Lipinski definition) is 0. The maximum atomic E-state index is 13.7. The highest BCUT2D eigenvalue weighted by Crippen LogP contribution is 2.30. The van der Waals surface area contributed by atoms with Gasteiger partial charge in [-0.3, -0.25) is 34.7 Å². The molecular weight excluding hydrogens is 624 g/mol. The molecule has 0 N–H and O–H groups in total. The number of likely N-dealkylation sites (tertiary alicyclic amines) is 1. The van der Waals surface area contributed by atoms with Crippen LogP contribution in [0.25, 0.3) is 0 Å². The maximum Gasteiger partial charge on any atom is 0.435 e. The van der Waals surface area contributed by atoms with E-state index in [0.717, 1.165) is 11.8 Å². The van der Waals surface area contributed by atoms with Crippen molar-refractivity contribution in [3.8, 4) is 0 Å². The van der Waals surface area contributed by atoms with E-state index in [1.807, 2.05) is 0 Å². The lowest BCUT2D eigenvalue weighted by molar-refractivity contribution is -0.385. The van der Waals surface area contributed by atoms with Crippen molar-refractivity contribution in [2.75, 3.05) is 32.7 Å². The number of hydrogen-bond acceptors (Lipinski definition) is 11. The van der Waals surface area contributed by atoms with Crippen molar-refractivity contribution in [1.29, 1.82) is 0 Å². The van der Waals surface area contributed by atoms with Crippen molar-refractivity contribution < 1.29 is 38.5 Å². The largest absolute Gasteiger partial charge is 0.445 e. The summed E-state index contributed by atoms with van der Waals surface area (Å²) >= 11 is 1.07. The molecule has 2 atom stereocenters. The van der Waals surface area contributed by atoms with Gasteiger partial charge in [0.1, 0.15) is 19.3 Å². The van der Waals surface area contributed by atoms with Crippen LogP contribution in [0, 0.1) is 20.2 Å². The molecule has 2 fully saturated rings. The number of nitrogens with zero attached hydrogens (tertiary/aromatic N) is 6. The molecule has 0 unspecified atom stereocenters. The Labute approximate surface area is 267 Å². The molecule has 0 aromatic heterocycles. The number of non-ortho nitro benzene ring substituents is 2. The van der Waals surface area contributed by atoms with Crippen molar-refractivity contribution in [3.05, 3.63) is 79.9 Å². The predicted molar refractivity (Wildman–Crippen MR) is 165 cm³/mol. The van der Waals surface area contributed by atoms with Crippen LogP contribution < -0.4 is 0 Å². The normalized spacial score (nSPS) is 18.2. The zero-order valence-electron chi connectivity index (χ0n) is 24.9. The number of nitro groups is 2. The van der Waals surface area contributed by atoms with Crippen molar-refractivity contribution >= 4 is 52.7 Å². The number of thioether (sulfide) groups is 1. The van der Waals surface area contributed by atoms with E-state index in [1.165, 1.54) is 66.7 Å². The van der Waals surface area contributed by atoms with Gasteiger partial charge in [0, 0.05) is 69.2 Å². The van der Waals surface area contributed by atoms with E-state index in [0.29, 0.717) is 43.7 Å². The first-order valence-electron chi connectivity index (χ1n) is 14.3. The highest BCUT2D eigenvalue weighted by molar-refractivity contribution is 8.14. The van der Waals surface area contributed by atoms with E-state index in [-0.39, 0.29) is 53.8 Å². The van der Waals surface area contributed by atoms with E-state index in [9.17, 15) is 39.4 Å². The predicted octanol–water partition coefficient (Wildman–Crippen LogP) is 3.76. The minimum Gasteiger partial charge on any atom is -0.445 e. The molecular formula is C29H32N6O10S. The first kappa shape index (κ1) is 33.8. The molecule has 244 valence electrons. The summed E-state index contributed by atoms with van der Waals surface area (Å²) in [5, 5.41) is 21.2.